The number of carbonyl (C=O) groups excluding carboxylic acids is 1. The number of likely N-dealkylation sites (tertiary alicyclic amines) is 1. The Morgan fingerprint density at radius 3 is 2.76 bits per heavy atom. The lowest BCUT2D eigenvalue weighted by Gasteiger charge is -2.14. The second-order valence-electron chi connectivity index (χ2n) is 9.91. The number of rotatable bonds is 10. The molecule has 1 saturated heterocycles. The van der Waals surface area contributed by atoms with E-state index in [1.807, 2.05) is 29.8 Å². The number of benzene rings is 1. The minimum Gasteiger partial charge on any atom is -0.495 e. The number of methoxy groups -OCH3 is 1. The van der Waals surface area contributed by atoms with Crippen molar-refractivity contribution >= 4 is 45.1 Å². The van der Waals surface area contributed by atoms with E-state index in [4.69, 9.17) is 21.3 Å². The number of halogens is 1. The van der Waals surface area contributed by atoms with Crippen molar-refractivity contribution in [3.63, 3.8) is 0 Å². The van der Waals surface area contributed by atoms with Crippen LogP contribution in [0.4, 0.5) is 5.82 Å². The average Bonchev–Trinajstić information content (AvgIpc) is 3.77. The Bertz CT molecular complexity index is 1710. The number of hydrogen-bond acceptors (Lipinski definition) is 9. The number of anilines is 1. The van der Waals surface area contributed by atoms with Crippen molar-refractivity contribution in [1.82, 2.24) is 44.7 Å². The molecule has 1 aliphatic heterocycles. The molecule has 0 spiro atoms. The van der Waals surface area contributed by atoms with Crippen LogP contribution in [0.15, 0.2) is 43.1 Å². The fraction of sp³-hybridized carbons (Fsp3) is 0.357. The van der Waals surface area contributed by atoms with E-state index >= 15 is 0 Å². The molecule has 6 rings (SSSR count). The van der Waals surface area contributed by atoms with E-state index < -0.39 is 0 Å². The number of ether oxygens (including phenoxy) is 1. The number of aryl methyl sites for hydroxylation is 1. The van der Waals surface area contributed by atoms with Gasteiger partial charge in [0.1, 0.15) is 17.8 Å². The highest BCUT2D eigenvalue weighted by Gasteiger charge is 2.19. The first kappa shape index (κ1) is 26.9. The maximum Gasteiger partial charge on any atom is 0.271 e. The fourth-order valence-corrected chi connectivity index (χ4v) is 5.46. The van der Waals surface area contributed by atoms with Crippen molar-refractivity contribution in [3.05, 3.63) is 59.4 Å². The summed E-state index contributed by atoms with van der Waals surface area (Å²) in [6.45, 7) is 6.76. The SMILES string of the molecule is CCn1ncc2c3c(NCc4ccc(OC)c(Cl)c4)nnc(-n4cnc(C(=O)NCCN5CCCC5)c4)c3cnc21. The molecule has 0 atom stereocenters. The van der Waals surface area contributed by atoms with Gasteiger partial charge in [-0.3, -0.25) is 9.36 Å². The molecule has 0 bridgehead atoms. The molecule has 13 heteroatoms. The summed E-state index contributed by atoms with van der Waals surface area (Å²) in [4.78, 5) is 24.2. The lowest BCUT2D eigenvalue weighted by molar-refractivity contribution is 0.0945. The predicted molar refractivity (Wildman–Crippen MR) is 157 cm³/mol. The monoisotopic (exact) mass is 574 g/mol. The van der Waals surface area contributed by atoms with Crippen molar-refractivity contribution in [3.8, 4) is 11.6 Å². The zero-order valence-electron chi connectivity index (χ0n) is 23.0. The molecule has 1 amide bonds. The zero-order chi connectivity index (χ0) is 28.3. The molecular formula is C28H31ClN10O2. The van der Waals surface area contributed by atoms with E-state index in [0.29, 0.717) is 47.7 Å². The molecule has 0 unspecified atom stereocenters. The van der Waals surface area contributed by atoms with Crippen LogP contribution in [0.2, 0.25) is 5.02 Å². The number of nitrogens with zero attached hydrogens (tertiary/aromatic N) is 8. The van der Waals surface area contributed by atoms with Crippen LogP contribution >= 0.6 is 11.6 Å². The van der Waals surface area contributed by atoms with Crippen LogP contribution in [-0.2, 0) is 13.1 Å². The summed E-state index contributed by atoms with van der Waals surface area (Å²) >= 11 is 6.33. The summed E-state index contributed by atoms with van der Waals surface area (Å²) in [6.07, 6.45) is 9.24. The molecule has 1 aromatic carbocycles. The van der Waals surface area contributed by atoms with Gasteiger partial charge in [0, 0.05) is 49.3 Å². The summed E-state index contributed by atoms with van der Waals surface area (Å²) in [5.74, 6) is 1.49. The van der Waals surface area contributed by atoms with Crippen molar-refractivity contribution in [2.45, 2.75) is 32.9 Å². The number of aromatic nitrogens is 7. The first-order valence-electron chi connectivity index (χ1n) is 13.7. The first-order valence-corrected chi connectivity index (χ1v) is 14.1. The highest BCUT2D eigenvalue weighted by molar-refractivity contribution is 6.32. The summed E-state index contributed by atoms with van der Waals surface area (Å²) in [5.41, 5.74) is 2.02. The Kier molecular flexibility index (Phi) is 7.66. The van der Waals surface area contributed by atoms with Gasteiger partial charge in [-0.15, -0.1) is 10.2 Å². The number of hydrogen-bond donors (Lipinski definition) is 2. The van der Waals surface area contributed by atoms with Crippen molar-refractivity contribution < 1.29 is 9.53 Å². The second-order valence-corrected chi connectivity index (χ2v) is 10.3. The molecule has 4 aromatic heterocycles. The highest BCUT2D eigenvalue weighted by Crippen LogP contribution is 2.32. The van der Waals surface area contributed by atoms with E-state index in [1.165, 1.54) is 12.8 Å². The van der Waals surface area contributed by atoms with Crippen LogP contribution in [0.3, 0.4) is 0 Å². The molecule has 1 fully saturated rings. The number of imidazole rings is 1. The largest absolute Gasteiger partial charge is 0.495 e. The minimum absolute atomic E-state index is 0.221. The standard InChI is InChI=1S/C28H31ClN10O2/c1-3-39-26-20(15-34-39)24-19(14-32-26)27(36-35-25(24)31-13-18-6-7-23(41-2)21(29)12-18)38-16-22(33-17-38)28(40)30-8-11-37-9-4-5-10-37/h6-7,12,14-17H,3-5,8-11,13H2,1-2H3,(H,30,40)(H,31,35). The third kappa shape index (κ3) is 5.40. The molecule has 0 aliphatic carbocycles. The van der Waals surface area contributed by atoms with Gasteiger partial charge in [-0.25, -0.2) is 14.6 Å². The van der Waals surface area contributed by atoms with Gasteiger partial charge in [0.2, 0.25) is 0 Å². The number of pyridine rings is 1. The number of fused-ring (bicyclic) bond motifs is 3. The summed E-state index contributed by atoms with van der Waals surface area (Å²) < 4.78 is 8.81. The summed E-state index contributed by atoms with van der Waals surface area (Å²) in [6, 6.07) is 5.63. The summed E-state index contributed by atoms with van der Waals surface area (Å²) in [5, 5.41) is 22.9. The maximum absolute atomic E-state index is 12.8. The Morgan fingerprint density at radius 2 is 1.98 bits per heavy atom. The molecule has 5 heterocycles. The van der Waals surface area contributed by atoms with Gasteiger partial charge < -0.3 is 20.3 Å². The van der Waals surface area contributed by atoms with Gasteiger partial charge >= 0.3 is 0 Å². The third-order valence-corrected chi connectivity index (χ3v) is 7.63. The van der Waals surface area contributed by atoms with E-state index in [0.717, 1.165) is 47.0 Å². The van der Waals surface area contributed by atoms with E-state index in [-0.39, 0.29) is 5.91 Å². The van der Waals surface area contributed by atoms with Crippen molar-refractivity contribution in [1.29, 1.82) is 0 Å². The van der Waals surface area contributed by atoms with Gasteiger partial charge in [0.05, 0.1) is 23.7 Å². The molecule has 1 aliphatic rings. The topological polar surface area (TPSA) is 128 Å². The van der Waals surface area contributed by atoms with Crippen molar-refractivity contribution in [2.24, 2.45) is 0 Å². The van der Waals surface area contributed by atoms with E-state index in [2.05, 4.69) is 35.8 Å². The Morgan fingerprint density at radius 1 is 1.12 bits per heavy atom. The Balaban J connectivity index is 1.30. The summed E-state index contributed by atoms with van der Waals surface area (Å²) in [7, 11) is 1.59. The van der Waals surface area contributed by atoms with Gasteiger partial charge in [-0.2, -0.15) is 5.10 Å². The van der Waals surface area contributed by atoms with Crippen LogP contribution in [0.5, 0.6) is 5.75 Å². The second kappa shape index (κ2) is 11.7. The number of carbonyl (C=O) groups is 1. The molecule has 2 N–H and O–H groups in total. The van der Waals surface area contributed by atoms with Gasteiger partial charge in [0.15, 0.2) is 17.3 Å². The molecule has 41 heavy (non-hydrogen) atoms. The van der Waals surface area contributed by atoms with Crippen LogP contribution in [0, 0.1) is 0 Å². The predicted octanol–water partition coefficient (Wildman–Crippen LogP) is 3.68. The normalized spacial score (nSPS) is 13.7. The van der Waals surface area contributed by atoms with Crippen LogP contribution in [0.1, 0.15) is 35.8 Å². The molecule has 5 aromatic rings. The molecule has 0 saturated carbocycles. The van der Waals surface area contributed by atoms with Crippen LogP contribution < -0.4 is 15.4 Å². The number of amides is 1. The molecule has 212 valence electrons. The molecular weight excluding hydrogens is 544 g/mol. The third-order valence-electron chi connectivity index (χ3n) is 7.34. The smallest absolute Gasteiger partial charge is 0.271 e. The van der Waals surface area contributed by atoms with Gasteiger partial charge in [-0.1, -0.05) is 17.7 Å². The van der Waals surface area contributed by atoms with Crippen LogP contribution in [0.25, 0.3) is 27.6 Å². The number of nitrogens with one attached hydrogen (secondary N) is 2. The van der Waals surface area contributed by atoms with E-state index in [1.54, 1.807) is 36.6 Å². The lowest BCUT2D eigenvalue weighted by Crippen LogP contribution is -2.33. The van der Waals surface area contributed by atoms with Crippen LogP contribution in [-0.4, -0.2) is 78.6 Å². The quantitative estimate of drug-likeness (QED) is 0.257. The molecule has 12 nitrogen and oxygen atoms in total. The minimum atomic E-state index is -0.221. The Hall–Kier alpha value is -4.29. The average molecular weight is 575 g/mol. The van der Waals surface area contributed by atoms with E-state index in [9.17, 15) is 4.79 Å². The van der Waals surface area contributed by atoms with Gasteiger partial charge in [-0.05, 0) is 50.6 Å². The van der Waals surface area contributed by atoms with Gasteiger partial charge in [0.25, 0.3) is 5.91 Å². The maximum atomic E-state index is 12.8. The first-order chi connectivity index (χ1) is 20.1. The van der Waals surface area contributed by atoms with Crippen molar-refractivity contribution in [2.75, 3.05) is 38.6 Å². The Labute approximate surface area is 241 Å². The fourth-order valence-electron chi connectivity index (χ4n) is 5.18. The molecule has 0 radical (unpaired) electrons. The highest BCUT2D eigenvalue weighted by atomic mass is 35.5. The lowest BCUT2D eigenvalue weighted by atomic mass is 10.1. The zero-order valence-corrected chi connectivity index (χ0v) is 23.7.